The van der Waals surface area contributed by atoms with Crippen molar-refractivity contribution in [2.45, 2.75) is 17.2 Å². The number of amides is 3. The van der Waals surface area contributed by atoms with Crippen LogP contribution >= 0.6 is 11.3 Å². The van der Waals surface area contributed by atoms with Gasteiger partial charge in [-0.25, -0.2) is 12.8 Å². The van der Waals surface area contributed by atoms with Crippen LogP contribution in [0, 0.1) is 12.7 Å². The van der Waals surface area contributed by atoms with Gasteiger partial charge in [0.15, 0.2) is 0 Å². The molecule has 1 aliphatic heterocycles. The number of hydrogen-bond donors (Lipinski definition) is 1. The molecule has 1 aliphatic rings. The first-order valence-electron chi connectivity index (χ1n) is 11.2. The summed E-state index contributed by atoms with van der Waals surface area (Å²) in [6.07, 6.45) is 0. The normalized spacial score (nSPS) is 14.8. The average Bonchev–Trinajstić information content (AvgIpc) is 3.42. The molecule has 8 nitrogen and oxygen atoms in total. The molecule has 1 aromatic heterocycles. The summed E-state index contributed by atoms with van der Waals surface area (Å²) < 4.78 is 40.1. The number of halogens is 1. The van der Waals surface area contributed by atoms with Crippen molar-refractivity contribution in [3.8, 4) is 0 Å². The third-order valence-electron chi connectivity index (χ3n) is 5.86. The Bertz CT molecular complexity index is 1350. The van der Waals surface area contributed by atoms with Gasteiger partial charge in [-0.05, 0) is 54.8 Å². The summed E-state index contributed by atoms with van der Waals surface area (Å²) in [5.41, 5.74) is 1.56. The molecule has 2 aromatic carbocycles. The van der Waals surface area contributed by atoms with Crippen LogP contribution in [0.25, 0.3) is 0 Å². The monoisotopic (exact) mass is 529 g/mol. The second-order valence-corrected chi connectivity index (χ2v) is 11.3. The Morgan fingerprint density at radius 1 is 0.917 bits per heavy atom. The molecule has 4 rings (SSSR count). The fraction of sp³-hybridized carbons (Fsp3) is 0.240. The predicted molar refractivity (Wildman–Crippen MR) is 133 cm³/mol. The number of thiophene rings is 1. The van der Waals surface area contributed by atoms with E-state index in [9.17, 15) is 27.2 Å². The summed E-state index contributed by atoms with van der Waals surface area (Å²) in [6, 6.07) is 14.4. The molecule has 1 N–H and O–H groups in total. The molecule has 0 saturated carbocycles. The molecule has 1 unspecified atom stereocenters. The molecule has 0 bridgehead atoms. The van der Waals surface area contributed by atoms with Gasteiger partial charge in [0.2, 0.25) is 15.2 Å². The zero-order valence-electron chi connectivity index (χ0n) is 19.4. The molecule has 188 valence electrons. The van der Waals surface area contributed by atoms with Crippen LogP contribution in [0.5, 0.6) is 0 Å². The Morgan fingerprint density at radius 3 is 2.11 bits per heavy atom. The van der Waals surface area contributed by atoms with E-state index in [2.05, 4.69) is 5.32 Å². The smallest absolute Gasteiger partial charge is 0.262 e. The van der Waals surface area contributed by atoms with Gasteiger partial charge < -0.3 is 15.1 Å². The van der Waals surface area contributed by atoms with Gasteiger partial charge in [-0.15, -0.1) is 11.3 Å². The van der Waals surface area contributed by atoms with Crippen LogP contribution in [0.4, 0.5) is 4.39 Å². The van der Waals surface area contributed by atoms with Gasteiger partial charge in [0.25, 0.3) is 17.7 Å². The number of benzene rings is 2. The minimum atomic E-state index is -4.40. The molecule has 0 aliphatic carbocycles. The van der Waals surface area contributed by atoms with E-state index in [-0.39, 0.29) is 41.9 Å². The number of aryl methyl sites for hydroxylation is 1. The van der Waals surface area contributed by atoms with Crippen LogP contribution < -0.4 is 5.32 Å². The molecule has 3 amide bonds. The Labute approximate surface area is 212 Å². The first-order valence-corrected chi connectivity index (χ1v) is 13.6. The first kappa shape index (κ1) is 25.5. The number of carbonyl (C=O) groups is 3. The molecular formula is C25H24FN3O5S2. The van der Waals surface area contributed by atoms with Gasteiger partial charge in [-0.1, -0.05) is 23.8 Å². The number of nitrogens with one attached hydrogen (secondary N) is 1. The van der Waals surface area contributed by atoms with E-state index >= 15 is 0 Å². The summed E-state index contributed by atoms with van der Waals surface area (Å²) in [7, 11) is -4.40. The highest BCUT2D eigenvalue weighted by Crippen LogP contribution is 2.20. The number of piperazine rings is 1. The molecule has 0 radical (unpaired) electrons. The number of nitrogens with zero attached hydrogens (tertiary/aromatic N) is 2. The topological polar surface area (TPSA) is 104 Å². The lowest BCUT2D eigenvalue weighted by Crippen LogP contribution is -2.57. The van der Waals surface area contributed by atoms with Crippen molar-refractivity contribution in [2.75, 3.05) is 26.2 Å². The SMILES string of the molecule is Cc1ccc(C(=O)N2CCN(C(=O)C(NC(=O)c3cccs3)S(=O)(=O)c3ccc(F)cc3)CC2)cc1. The maximum atomic E-state index is 13.4. The van der Waals surface area contributed by atoms with Crippen LogP contribution in [0.1, 0.15) is 25.6 Å². The molecule has 2 heterocycles. The van der Waals surface area contributed by atoms with E-state index in [1.54, 1.807) is 28.5 Å². The minimum Gasteiger partial charge on any atom is -0.336 e. The van der Waals surface area contributed by atoms with Crippen molar-refractivity contribution in [2.24, 2.45) is 0 Å². The van der Waals surface area contributed by atoms with Crippen molar-refractivity contribution in [1.29, 1.82) is 0 Å². The Hall–Kier alpha value is -3.57. The van der Waals surface area contributed by atoms with E-state index < -0.39 is 32.8 Å². The highest BCUT2D eigenvalue weighted by Gasteiger charge is 2.39. The summed E-state index contributed by atoms with van der Waals surface area (Å²) in [4.78, 5) is 41.8. The largest absolute Gasteiger partial charge is 0.336 e. The molecule has 3 aromatic rings. The second-order valence-electron chi connectivity index (χ2n) is 8.31. The van der Waals surface area contributed by atoms with Crippen molar-refractivity contribution in [1.82, 2.24) is 15.1 Å². The van der Waals surface area contributed by atoms with Gasteiger partial charge >= 0.3 is 0 Å². The summed E-state index contributed by atoms with van der Waals surface area (Å²) in [5.74, 6) is -2.33. The first-order chi connectivity index (χ1) is 17.2. The van der Waals surface area contributed by atoms with Crippen molar-refractivity contribution in [3.63, 3.8) is 0 Å². The molecule has 1 fully saturated rings. The van der Waals surface area contributed by atoms with Crippen LogP contribution in [0.3, 0.4) is 0 Å². The second kappa shape index (κ2) is 10.6. The van der Waals surface area contributed by atoms with Gasteiger partial charge in [-0.2, -0.15) is 0 Å². The number of rotatable bonds is 6. The summed E-state index contributed by atoms with van der Waals surface area (Å²) in [6.45, 7) is 2.54. The minimum absolute atomic E-state index is 0.0980. The predicted octanol–water partition coefficient (Wildman–Crippen LogP) is 2.71. The molecule has 1 atom stereocenters. The van der Waals surface area contributed by atoms with Crippen molar-refractivity contribution >= 4 is 38.9 Å². The lowest BCUT2D eigenvalue weighted by molar-refractivity contribution is -0.132. The van der Waals surface area contributed by atoms with E-state index in [0.29, 0.717) is 5.56 Å². The van der Waals surface area contributed by atoms with E-state index in [0.717, 1.165) is 41.2 Å². The van der Waals surface area contributed by atoms with E-state index in [1.807, 2.05) is 19.1 Å². The Balaban J connectivity index is 1.53. The van der Waals surface area contributed by atoms with Gasteiger partial charge in [0, 0.05) is 31.7 Å². The Kier molecular flexibility index (Phi) is 7.51. The fourth-order valence-corrected chi connectivity index (χ4v) is 5.90. The highest BCUT2D eigenvalue weighted by molar-refractivity contribution is 7.92. The van der Waals surface area contributed by atoms with E-state index in [4.69, 9.17) is 0 Å². The van der Waals surface area contributed by atoms with Crippen LogP contribution in [0.2, 0.25) is 0 Å². The number of sulfone groups is 1. The number of carbonyl (C=O) groups excluding carboxylic acids is 3. The zero-order valence-corrected chi connectivity index (χ0v) is 21.0. The van der Waals surface area contributed by atoms with Crippen LogP contribution in [0.15, 0.2) is 70.9 Å². The van der Waals surface area contributed by atoms with Gasteiger partial charge in [0.05, 0.1) is 9.77 Å². The standard InChI is InChI=1S/C25H24FN3O5S2/c1-17-4-6-18(7-5-17)24(31)28-12-14-29(15-13-28)25(32)23(27-22(30)21-3-2-16-35-21)36(33,34)20-10-8-19(26)9-11-20/h2-11,16,23H,12-15H2,1H3,(H,27,30). The van der Waals surface area contributed by atoms with Crippen LogP contribution in [-0.2, 0) is 14.6 Å². The molecule has 1 saturated heterocycles. The van der Waals surface area contributed by atoms with Crippen molar-refractivity contribution in [3.05, 3.63) is 87.9 Å². The zero-order chi connectivity index (χ0) is 25.9. The summed E-state index contributed by atoms with van der Waals surface area (Å²) in [5, 5.41) is 2.10. The average molecular weight is 530 g/mol. The van der Waals surface area contributed by atoms with Crippen LogP contribution in [-0.4, -0.2) is 67.5 Å². The Morgan fingerprint density at radius 2 is 1.53 bits per heavy atom. The molecule has 0 spiro atoms. The lowest BCUT2D eigenvalue weighted by Gasteiger charge is -2.36. The third kappa shape index (κ3) is 5.47. The van der Waals surface area contributed by atoms with E-state index in [1.165, 1.54) is 11.0 Å². The quantitative estimate of drug-likeness (QED) is 0.495. The van der Waals surface area contributed by atoms with Gasteiger partial charge in [-0.3, -0.25) is 14.4 Å². The lowest BCUT2D eigenvalue weighted by atomic mass is 10.1. The molecular weight excluding hydrogens is 505 g/mol. The number of hydrogen-bond acceptors (Lipinski definition) is 6. The maximum Gasteiger partial charge on any atom is 0.262 e. The fourth-order valence-electron chi connectivity index (χ4n) is 3.80. The maximum absolute atomic E-state index is 13.4. The van der Waals surface area contributed by atoms with Crippen molar-refractivity contribution < 1.29 is 27.2 Å². The van der Waals surface area contributed by atoms with Gasteiger partial charge in [0.1, 0.15) is 5.82 Å². The highest BCUT2D eigenvalue weighted by atomic mass is 32.2. The molecule has 36 heavy (non-hydrogen) atoms. The third-order valence-corrected chi connectivity index (χ3v) is 8.60. The molecule has 11 heteroatoms. The summed E-state index contributed by atoms with van der Waals surface area (Å²) >= 11 is 1.11.